The minimum Gasteiger partial charge on any atom is -0.368 e. The third kappa shape index (κ3) is 3.73. The fourth-order valence-electron chi connectivity index (χ4n) is 3.06. The van der Waals surface area contributed by atoms with Gasteiger partial charge in [0, 0.05) is 24.0 Å². The summed E-state index contributed by atoms with van der Waals surface area (Å²) in [6.07, 6.45) is 2.01. The normalized spacial score (nSPS) is 13.7. The molecule has 0 radical (unpaired) electrons. The number of carbonyl (C=O) groups excluding carboxylic acids is 1. The summed E-state index contributed by atoms with van der Waals surface area (Å²) in [4.78, 5) is 20.9. The number of benzene rings is 1. The first-order chi connectivity index (χ1) is 13.0. The highest BCUT2D eigenvalue weighted by Gasteiger charge is 2.29. The van der Waals surface area contributed by atoms with Crippen LogP contribution in [0.2, 0.25) is 5.02 Å². The van der Waals surface area contributed by atoms with Crippen molar-refractivity contribution < 1.29 is 4.79 Å². The van der Waals surface area contributed by atoms with Crippen LogP contribution < -0.4 is 10.6 Å². The van der Waals surface area contributed by atoms with Crippen molar-refractivity contribution in [2.45, 2.75) is 26.7 Å². The van der Waals surface area contributed by atoms with Crippen molar-refractivity contribution in [1.82, 2.24) is 25.1 Å². The van der Waals surface area contributed by atoms with Crippen LogP contribution in [0.15, 0.2) is 24.3 Å². The molecule has 27 heavy (non-hydrogen) atoms. The van der Waals surface area contributed by atoms with Gasteiger partial charge in [0.15, 0.2) is 5.65 Å². The zero-order valence-corrected chi connectivity index (χ0v) is 16.0. The molecule has 0 unspecified atom stereocenters. The van der Waals surface area contributed by atoms with Gasteiger partial charge in [-0.05, 0) is 44.9 Å². The van der Waals surface area contributed by atoms with E-state index in [0.717, 1.165) is 41.1 Å². The molecular formula is C19H21ClN6O. The van der Waals surface area contributed by atoms with Crippen LogP contribution in [0, 0.1) is 19.8 Å². The smallest absolute Gasteiger partial charge is 0.223 e. The first kappa shape index (κ1) is 17.7. The molecule has 140 valence electrons. The Labute approximate surface area is 162 Å². The number of carbonyl (C=O) groups is 1. The Morgan fingerprint density at radius 2 is 2.07 bits per heavy atom. The monoisotopic (exact) mass is 384 g/mol. The van der Waals surface area contributed by atoms with E-state index in [9.17, 15) is 4.79 Å². The van der Waals surface area contributed by atoms with Gasteiger partial charge in [-0.1, -0.05) is 17.7 Å². The summed E-state index contributed by atoms with van der Waals surface area (Å²) < 4.78 is 1.78. The molecule has 0 saturated heterocycles. The number of aryl methyl sites for hydroxylation is 2. The molecule has 4 rings (SSSR count). The maximum absolute atomic E-state index is 11.7. The summed E-state index contributed by atoms with van der Waals surface area (Å²) in [5.74, 6) is 1.74. The zero-order chi connectivity index (χ0) is 19.0. The fourth-order valence-corrected chi connectivity index (χ4v) is 3.25. The zero-order valence-electron chi connectivity index (χ0n) is 15.3. The number of hydrogen-bond acceptors (Lipinski definition) is 5. The van der Waals surface area contributed by atoms with Crippen LogP contribution in [0.3, 0.4) is 0 Å². The number of amides is 1. The molecule has 3 aromatic rings. The summed E-state index contributed by atoms with van der Waals surface area (Å²) in [7, 11) is 0. The highest BCUT2D eigenvalue weighted by atomic mass is 35.5. The lowest BCUT2D eigenvalue weighted by Gasteiger charge is -2.09. The minimum absolute atomic E-state index is 0.144. The van der Waals surface area contributed by atoms with Gasteiger partial charge < -0.3 is 10.6 Å². The van der Waals surface area contributed by atoms with Crippen molar-refractivity contribution in [3.05, 3.63) is 40.8 Å². The minimum atomic E-state index is 0.144. The lowest BCUT2D eigenvalue weighted by molar-refractivity contribution is -0.122. The number of fused-ring (bicyclic) bond motifs is 1. The Kier molecular flexibility index (Phi) is 4.70. The summed E-state index contributed by atoms with van der Waals surface area (Å²) >= 11 is 6.13. The number of rotatable bonds is 6. The van der Waals surface area contributed by atoms with Crippen LogP contribution >= 0.6 is 11.6 Å². The largest absolute Gasteiger partial charge is 0.368 e. The first-order valence-corrected chi connectivity index (χ1v) is 9.42. The summed E-state index contributed by atoms with van der Waals surface area (Å²) in [6.45, 7) is 4.93. The van der Waals surface area contributed by atoms with E-state index in [2.05, 4.69) is 25.7 Å². The number of nitrogens with zero attached hydrogens (tertiary/aromatic N) is 4. The van der Waals surface area contributed by atoms with Crippen LogP contribution in [0.4, 0.5) is 5.82 Å². The quantitative estimate of drug-likeness (QED) is 0.638. The number of hydrogen-bond donors (Lipinski definition) is 2. The maximum atomic E-state index is 11.7. The SMILES string of the molecule is Cc1nc(NCCNC(=O)C2CC2)c2c(C)nn(-c3cccc(Cl)c3)c2n1. The second-order valence-electron chi connectivity index (χ2n) is 6.79. The van der Waals surface area contributed by atoms with E-state index in [1.54, 1.807) is 4.68 Å². The molecule has 1 aliphatic carbocycles. The average Bonchev–Trinajstić information content (AvgIpc) is 3.43. The van der Waals surface area contributed by atoms with E-state index in [1.807, 2.05) is 38.1 Å². The molecule has 0 aliphatic heterocycles. The van der Waals surface area contributed by atoms with Crippen LogP contribution in [0.5, 0.6) is 0 Å². The third-order valence-electron chi connectivity index (χ3n) is 4.53. The Hall–Kier alpha value is -2.67. The summed E-state index contributed by atoms with van der Waals surface area (Å²) in [5.41, 5.74) is 2.41. The van der Waals surface area contributed by atoms with Crippen molar-refractivity contribution in [2.75, 3.05) is 18.4 Å². The Bertz CT molecular complexity index is 1010. The molecule has 2 aromatic heterocycles. The Morgan fingerprint density at radius 1 is 1.26 bits per heavy atom. The molecule has 2 N–H and O–H groups in total. The van der Waals surface area contributed by atoms with E-state index in [1.165, 1.54) is 0 Å². The lowest BCUT2D eigenvalue weighted by Crippen LogP contribution is -2.30. The highest BCUT2D eigenvalue weighted by molar-refractivity contribution is 6.30. The lowest BCUT2D eigenvalue weighted by atomic mass is 10.3. The second-order valence-corrected chi connectivity index (χ2v) is 7.22. The summed E-state index contributed by atoms with van der Waals surface area (Å²) in [6, 6.07) is 7.50. The number of anilines is 1. The van der Waals surface area contributed by atoms with Crippen molar-refractivity contribution in [3.63, 3.8) is 0 Å². The molecule has 0 atom stereocenters. The van der Waals surface area contributed by atoms with Gasteiger partial charge >= 0.3 is 0 Å². The molecule has 0 spiro atoms. The Balaban J connectivity index is 1.60. The molecule has 1 aromatic carbocycles. The molecule has 0 bridgehead atoms. The predicted octanol–water partition coefficient (Wildman–Crippen LogP) is 3.02. The van der Waals surface area contributed by atoms with Crippen molar-refractivity contribution in [2.24, 2.45) is 5.92 Å². The van der Waals surface area contributed by atoms with Crippen molar-refractivity contribution >= 4 is 34.4 Å². The number of aromatic nitrogens is 4. The molecule has 1 saturated carbocycles. The van der Waals surface area contributed by atoms with Crippen LogP contribution in [-0.2, 0) is 4.79 Å². The third-order valence-corrected chi connectivity index (χ3v) is 4.77. The van der Waals surface area contributed by atoms with Gasteiger partial charge in [0.25, 0.3) is 0 Å². The molecule has 1 amide bonds. The predicted molar refractivity (Wildman–Crippen MR) is 105 cm³/mol. The van der Waals surface area contributed by atoms with Gasteiger partial charge in [-0.15, -0.1) is 0 Å². The molecular weight excluding hydrogens is 364 g/mol. The standard InChI is InChI=1S/C19H21ClN6O/c1-11-16-17(21-8-9-22-19(27)13-6-7-13)23-12(2)24-18(16)26(25-11)15-5-3-4-14(20)10-15/h3-5,10,13H,6-9H2,1-2H3,(H,22,27)(H,21,23,24). The van der Waals surface area contributed by atoms with Crippen LogP contribution in [0.1, 0.15) is 24.4 Å². The van der Waals surface area contributed by atoms with Crippen LogP contribution in [0.25, 0.3) is 16.7 Å². The second kappa shape index (κ2) is 7.15. The van der Waals surface area contributed by atoms with E-state index in [4.69, 9.17) is 11.6 Å². The maximum Gasteiger partial charge on any atom is 0.223 e. The van der Waals surface area contributed by atoms with E-state index >= 15 is 0 Å². The van der Waals surface area contributed by atoms with Crippen molar-refractivity contribution in [1.29, 1.82) is 0 Å². The molecule has 7 nitrogen and oxygen atoms in total. The van der Waals surface area contributed by atoms with Gasteiger partial charge in [0.1, 0.15) is 11.6 Å². The van der Waals surface area contributed by atoms with Crippen molar-refractivity contribution in [3.8, 4) is 5.69 Å². The fraction of sp³-hybridized carbons (Fsp3) is 0.368. The molecule has 2 heterocycles. The topological polar surface area (TPSA) is 84.7 Å². The molecule has 1 fully saturated rings. The van der Waals surface area contributed by atoms with Crippen LogP contribution in [-0.4, -0.2) is 38.7 Å². The van der Waals surface area contributed by atoms with Gasteiger partial charge in [0.2, 0.25) is 5.91 Å². The first-order valence-electron chi connectivity index (χ1n) is 9.04. The van der Waals surface area contributed by atoms with E-state index in [0.29, 0.717) is 23.9 Å². The average molecular weight is 385 g/mol. The highest BCUT2D eigenvalue weighted by Crippen LogP contribution is 2.29. The molecule has 8 heteroatoms. The molecule has 1 aliphatic rings. The van der Waals surface area contributed by atoms with Gasteiger partial charge in [-0.25, -0.2) is 14.6 Å². The number of nitrogens with one attached hydrogen (secondary N) is 2. The van der Waals surface area contributed by atoms with Gasteiger partial charge in [-0.3, -0.25) is 4.79 Å². The Morgan fingerprint density at radius 3 is 2.81 bits per heavy atom. The van der Waals surface area contributed by atoms with Gasteiger partial charge in [-0.2, -0.15) is 5.10 Å². The van der Waals surface area contributed by atoms with Gasteiger partial charge in [0.05, 0.1) is 16.8 Å². The van der Waals surface area contributed by atoms with E-state index < -0.39 is 0 Å². The number of halogens is 1. The summed E-state index contributed by atoms with van der Waals surface area (Å²) in [5, 5.41) is 12.4. The van der Waals surface area contributed by atoms with E-state index in [-0.39, 0.29) is 11.8 Å².